The molecule has 1 heterocycles. The minimum absolute atomic E-state index is 0.193. The molecule has 0 saturated heterocycles. The summed E-state index contributed by atoms with van der Waals surface area (Å²) in [7, 11) is -2.46. The first kappa shape index (κ1) is 26.8. The normalized spacial score (nSPS) is 14.1. The van der Waals surface area contributed by atoms with Crippen LogP contribution in [0.3, 0.4) is 0 Å². The van der Waals surface area contributed by atoms with E-state index < -0.39 is 13.2 Å². The Bertz CT molecular complexity index is 1320. The van der Waals surface area contributed by atoms with E-state index in [9.17, 15) is 14.2 Å². The summed E-state index contributed by atoms with van der Waals surface area (Å²) in [5, 5.41) is 6.57. The van der Waals surface area contributed by atoms with Crippen LogP contribution in [0.2, 0.25) is 5.15 Å². The molecule has 1 aromatic heterocycles. The molecule has 3 amide bonds. The van der Waals surface area contributed by atoms with Crippen LogP contribution in [-0.4, -0.2) is 48.3 Å². The number of aromatic nitrogens is 2. The van der Waals surface area contributed by atoms with Gasteiger partial charge in [0.1, 0.15) is 12.3 Å². The third kappa shape index (κ3) is 6.96. The van der Waals surface area contributed by atoms with Gasteiger partial charge in [-0.05, 0) is 74.3 Å². The maximum atomic E-state index is 12.9. The van der Waals surface area contributed by atoms with Crippen molar-refractivity contribution in [3.05, 3.63) is 65.6 Å². The van der Waals surface area contributed by atoms with Crippen LogP contribution in [0, 0.1) is 0 Å². The van der Waals surface area contributed by atoms with E-state index in [1.807, 2.05) is 43.3 Å². The topological polar surface area (TPSA) is 104 Å². The van der Waals surface area contributed by atoms with Gasteiger partial charge in [0.15, 0.2) is 5.82 Å². The zero-order valence-electron chi connectivity index (χ0n) is 21.1. The zero-order chi connectivity index (χ0) is 26.6. The molecule has 8 nitrogen and oxygen atoms in total. The maximum Gasteiger partial charge on any atom is 0.320 e. The molecule has 2 N–H and O–H groups in total. The van der Waals surface area contributed by atoms with Crippen molar-refractivity contribution >= 4 is 48.0 Å². The summed E-state index contributed by atoms with van der Waals surface area (Å²) in [5.74, 6) is 0.697. The fraction of sp³-hybridized carbons (Fsp3) is 0.333. The summed E-state index contributed by atoms with van der Waals surface area (Å²) < 4.78 is 12.9. The molecule has 1 atom stereocenters. The predicted octanol–water partition coefficient (Wildman–Crippen LogP) is 5.49. The van der Waals surface area contributed by atoms with Crippen molar-refractivity contribution in [2.45, 2.75) is 38.1 Å². The molecular weight excluding hydrogens is 509 g/mol. The van der Waals surface area contributed by atoms with Crippen molar-refractivity contribution in [3.63, 3.8) is 0 Å². The van der Waals surface area contributed by atoms with E-state index in [0.29, 0.717) is 24.7 Å². The lowest BCUT2D eigenvalue weighted by molar-refractivity contribution is -0.107. The number of carbonyl (C=O) groups is 2. The number of nitrogens with one attached hydrogen (secondary N) is 2. The van der Waals surface area contributed by atoms with Crippen LogP contribution in [0.4, 0.5) is 16.3 Å². The number of halogens is 1. The number of rotatable bonds is 10. The van der Waals surface area contributed by atoms with Crippen LogP contribution < -0.4 is 20.8 Å². The Kier molecular flexibility index (Phi) is 8.30. The van der Waals surface area contributed by atoms with E-state index in [2.05, 4.69) is 26.7 Å². The van der Waals surface area contributed by atoms with Gasteiger partial charge >= 0.3 is 6.03 Å². The number of anilines is 2. The molecule has 10 heteroatoms. The first-order valence-electron chi connectivity index (χ1n) is 12.2. The van der Waals surface area contributed by atoms with Gasteiger partial charge in [-0.2, -0.15) is 0 Å². The first-order valence-corrected chi connectivity index (χ1v) is 15.2. The molecule has 4 rings (SSSR count). The van der Waals surface area contributed by atoms with E-state index in [0.717, 1.165) is 46.9 Å². The molecular formula is C27H31ClN5O3P. The summed E-state index contributed by atoms with van der Waals surface area (Å²) in [6.07, 6.45) is 6.29. The fourth-order valence-corrected chi connectivity index (χ4v) is 5.61. The number of carbonyl (C=O) groups excluding carboxylic acids is 2. The summed E-state index contributed by atoms with van der Waals surface area (Å²) in [4.78, 5) is 34.0. The lowest BCUT2D eigenvalue weighted by Crippen LogP contribution is -2.38. The molecule has 0 aliphatic heterocycles. The summed E-state index contributed by atoms with van der Waals surface area (Å²) >= 11 is 5.72. The highest BCUT2D eigenvalue weighted by molar-refractivity contribution is 7.70. The molecule has 0 bridgehead atoms. The monoisotopic (exact) mass is 539 g/mol. The highest BCUT2D eigenvalue weighted by atomic mass is 35.5. The first-order chi connectivity index (χ1) is 17.7. The molecule has 0 radical (unpaired) electrons. The van der Waals surface area contributed by atoms with Gasteiger partial charge in [0.2, 0.25) is 6.41 Å². The Balaban J connectivity index is 1.46. The van der Waals surface area contributed by atoms with Crippen LogP contribution in [0.25, 0.3) is 11.1 Å². The lowest BCUT2D eigenvalue weighted by Gasteiger charge is -2.24. The number of hydrogen-bond acceptors (Lipinski definition) is 5. The van der Waals surface area contributed by atoms with E-state index >= 15 is 0 Å². The number of amides is 3. The van der Waals surface area contributed by atoms with Crippen molar-refractivity contribution in [3.8, 4) is 11.1 Å². The van der Waals surface area contributed by atoms with Crippen LogP contribution >= 0.6 is 18.7 Å². The summed E-state index contributed by atoms with van der Waals surface area (Å²) in [6.45, 7) is 5.90. The minimum Gasteiger partial charge on any atom is -0.335 e. The Hall–Kier alpha value is -3.22. The second-order valence-corrected chi connectivity index (χ2v) is 13.3. The van der Waals surface area contributed by atoms with Gasteiger partial charge in [-0.15, -0.1) is 0 Å². The van der Waals surface area contributed by atoms with E-state index in [1.165, 1.54) is 12.4 Å². The van der Waals surface area contributed by atoms with Crippen molar-refractivity contribution < 1.29 is 14.2 Å². The molecule has 1 unspecified atom stereocenters. The molecule has 1 fully saturated rings. The van der Waals surface area contributed by atoms with Gasteiger partial charge in [0.05, 0.1) is 12.4 Å². The smallest absolute Gasteiger partial charge is 0.320 e. The highest BCUT2D eigenvalue weighted by Gasteiger charge is 2.29. The van der Waals surface area contributed by atoms with Crippen LogP contribution in [0.5, 0.6) is 0 Å². The zero-order valence-corrected chi connectivity index (χ0v) is 22.8. The lowest BCUT2D eigenvalue weighted by atomic mass is 9.98. The number of benzene rings is 2. The molecule has 194 valence electrons. The van der Waals surface area contributed by atoms with Crippen LogP contribution in [0.1, 0.15) is 37.7 Å². The fourth-order valence-electron chi connectivity index (χ4n) is 4.28. The molecule has 1 aliphatic rings. The highest BCUT2D eigenvalue weighted by Crippen LogP contribution is 2.46. The second-order valence-electron chi connectivity index (χ2n) is 9.73. The SMILES string of the molecule is CC(CCN(C=O)c1ccc(-c2ccccc2P(C)(C)=O)cc1C1CC1)NC(=O)Nc1cnc(Cl)cn1. The quantitative estimate of drug-likeness (QED) is 0.262. The van der Waals surface area contributed by atoms with Crippen molar-refractivity contribution in [2.75, 3.05) is 30.1 Å². The van der Waals surface area contributed by atoms with E-state index in [4.69, 9.17) is 11.6 Å². The molecule has 2 aromatic carbocycles. The van der Waals surface area contributed by atoms with Crippen LogP contribution in [-0.2, 0) is 9.36 Å². The summed E-state index contributed by atoms with van der Waals surface area (Å²) in [5.41, 5.74) is 3.98. The molecule has 1 saturated carbocycles. The van der Waals surface area contributed by atoms with Gasteiger partial charge < -0.3 is 14.8 Å². The number of nitrogens with zero attached hydrogens (tertiary/aromatic N) is 3. The number of urea groups is 1. The second kappa shape index (κ2) is 11.4. The Labute approximate surface area is 222 Å². The van der Waals surface area contributed by atoms with E-state index in [-0.39, 0.29) is 11.2 Å². The van der Waals surface area contributed by atoms with Gasteiger partial charge in [-0.3, -0.25) is 10.1 Å². The van der Waals surface area contributed by atoms with Crippen molar-refractivity contribution in [1.29, 1.82) is 0 Å². The van der Waals surface area contributed by atoms with Crippen molar-refractivity contribution in [2.24, 2.45) is 0 Å². The van der Waals surface area contributed by atoms with Gasteiger partial charge in [-0.25, -0.2) is 14.8 Å². The van der Waals surface area contributed by atoms with Gasteiger partial charge in [-0.1, -0.05) is 41.9 Å². The molecule has 3 aromatic rings. The number of hydrogen-bond donors (Lipinski definition) is 2. The van der Waals surface area contributed by atoms with E-state index in [1.54, 1.807) is 18.2 Å². The maximum absolute atomic E-state index is 12.9. The predicted molar refractivity (Wildman–Crippen MR) is 150 cm³/mol. The van der Waals surface area contributed by atoms with Crippen LogP contribution in [0.15, 0.2) is 54.9 Å². The Morgan fingerprint density at radius 3 is 2.59 bits per heavy atom. The van der Waals surface area contributed by atoms with Gasteiger partial charge in [0.25, 0.3) is 0 Å². The Morgan fingerprint density at radius 2 is 1.95 bits per heavy atom. The largest absolute Gasteiger partial charge is 0.335 e. The third-order valence-electron chi connectivity index (χ3n) is 6.32. The Morgan fingerprint density at radius 1 is 1.19 bits per heavy atom. The molecule has 0 spiro atoms. The molecule has 37 heavy (non-hydrogen) atoms. The minimum atomic E-state index is -2.46. The average Bonchev–Trinajstić information content (AvgIpc) is 3.71. The third-order valence-corrected chi connectivity index (χ3v) is 8.06. The van der Waals surface area contributed by atoms with Gasteiger partial charge in [0, 0.05) is 23.6 Å². The average molecular weight is 540 g/mol. The molecule has 1 aliphatic carbocycles. The summed E-state index contributed by atoms with van der Waals surface area (Å²) in [6, 6.07) is 13.3. The standard InChI is InChI=1S/C27H31ClN5O3P/c1-18(31-27(35)32-26-16-29-25(28)15-30-26)12-13-33(17-34)23-11-10-20(14-22(23)19-8-9-19)21-6-4-5-7-24(21)37(2,3)36/h4-7,10-11,14-19H,8-9,12-13H2,1-3H3,(H2,30,31,32,35). The van der Waals surface area contributed by atoms with Crippen molar-refractivity contribution in [1.82, 2.24) is 15.3 Å².